The summed E-state index contributed by atoms with van der Waals surface area (Å²) in [6.07, 6.45) is 6.85. The molecule has 0 N–H and O–H groups in total. The van der Waals surface area contributed by atoms with E-state index in [1.54, 1.807) is 30.4 Å². The fourth-order valence-electron chi connectivity index (χ4n) is 1.06. The van der Waals surface area contributed by atoms with Crippen LogP contribution in [0.1, 0.15) is 5.56 Å². The van der Waals surface area contributed by atoms with Gasteiger partial charge >= 0.3 is 5.51 Å². The summed E-state index contributed by atoms with van der Waals surface area (Å²) in [5.74, 6) is 0. The molecule has 0 aliphatic heterocycles. The summed E-state index contributed by atoms with van der Waals surface area (Å²) >= 11 is -0.143. The molecule has 0 amide bonds. The molecule has 1 nitrogen and oxygen atoms in total. The maximum Gasteiger partial charge on any atom is 0.446 e. The molecule has 1 aromatic rings. The Labute approximate surface area is 101 Å². The Morgan fingerprint density at radius 3 is 2.18 bits per heavy atom. The number of carbonyl (C=O) groups excluding carboxylic acids is 1. The zero-order chi connectivity index (χ0) is 12.7. The fourth-order valence-corrected chi connectivity index (χ4v) is 1.60. The number of hydrogen-bond acceptors (Lipinski definition) is 2. The van der Waals surface area contributed by atoms with E-state index < -0.39 is 5.51 Å². The Morgan fingerprint density at radius 1 is 1.00 bits per heavy atom. The zero-order valence-electron chi connectivity index (χ0n) is 8.65. The van der Waals surface area contributed by atoms with E-state index >= 15 is 0 Å². The van der Waals surface area contributed by atoms with Gasteiger partial charge in [-0.2, -0.15) is 13.2 Å². The van der Waals surface area contributed by atoms with Crippen LogP contribution in [-0.4, -0.2) is 11.8 Å². The van der Waals surface area contributed by atoms with Gasteiger partial charge in [0.1, 0.15) is 6.29 Å². The highest BCUT2D eigenvalue weighted by Gasteiger charge is 2.28. The minimum Gasteiger partial charge on any atom is -0.299 e. The SMILES string of the molecule is O=CC=CC=Cc1ccc(SC(F)(F)F)cc1. The van der Waals surface area contributed by atoms with Crippen LogP contribution < -0.4 is 0 Å². The first-order valence-corrected chi connectivity index (χ1v) is 5.47. The molecular formula is C12H9F3OS. The zero-order valence-corrected chi connectivity index (χ0v) is 9.46. The van der Waals surface area contributed by atoms with Gasteiger partial charge in [0.2, 0.25) is 0 Å². The number of thioether (sulfide) groups is 1. The minimum atomic E-state index is -4.26. The lowest BCUT2D eigenvalue weighted by atomic mass is 10.2. The Morgan fingerprint density at radius 2 is 1.65 bits per heavy atom. The highest BCUT2D eigenvalue weighted by molar-refractivity contribution is 8.00. The molecule has 0 heterocycles. The third-order valence-electron chi connectivity index (χ3n) is 1.70. The van der Waals surface area contributed by atoms with Gasteiger partial charge in [-0.25, -0.2) is 0 Å². The molecule has 1 rings (SSSR count). The first-order valence-electron chi connectivity index (χ1n) is 4.65. The number of rotatable bonds is 4. The van der Waals surface area contributed by atoms with Gasteiger partial charge in [-0.3, -0.25) is 4.79 Å². The lowest BCUT2D eigenvalue weighted by Crippen LogP contribution is -1.98. The van der Waals surface area contributed by atoms with Crippen LogP contribution in [0.5, 0.6) is 0 Å². The van der Waals surface area contributed by atoms with Crippen molar-refractivity contribution in [2.24, 2.45) is 0 Å². The van der Waals surface area contributed by atoms with Crippen LogP contribution in [0.15, 0.2) is 47.4 Å². The molecule has 0 atom stereocenters. The van der Waals surface area contributed by atoms with E-state index in [2.05, 4.69) is 0 Å². The van der Waals surface area contributed by atoms with E-state index in [9.17, 15) is 18.0 Å². The van der Waals surface area contributed by atoms with Crippen LogP contribution in [0.25, 0.3) is 6.08 Å². The second kappa shape index (κ2) is 6.30. The first kappa shape index (κ1) is 13.6. The van der Waals surface area contributed by atoms with Crippen LogP contribution in [0, 0.1) is 0 Å². The molecule has 0 fully saturated rings. The van der Waals surface area contributed by atoms with Gasteiger partial charge < -0.3 is 0 Å². The maximum absolute atomic E-state index is 12.0. The van der Waals surface area contributed by atoms with Crippen molar-refractivity contribution in [2.75, 3.05) is 0 Å². The number of benzene rings is 1. The topological polar surface area (TPSA) is 17.1 Å². The number of aldehydes is 1. The fraction of sp³-hybridized carbons (Fsp3) is 0.0833. The van der Waals surface area contributed by atoms with Crippen LogP contribution >= 0.6 is 11.8 Å². The van der Waals surface area contributed by atoms with Crippen molar-refractivity contribution >= 4 is 24.1 Å². The largest absolute Gasteiger partial charge is 0.446 e. The number of allylic oxidation sites excluding steroid dienone is 3. The summed E-state index contributed by atoms with van der Waals surface area (Å²) in [5.41, 5.74) is -3.49. The van der Waals surface area contributed by atoms with Crippen LogP contribution in [0.3, 0.4) is 0 Å². The summed E-state index contributed by atoms with van der Waals surface area (Å²) in [5, 5.41) is 0. The van der Waals surface area contributed by atoms with Gasteiger partial charge in [0, 0.05) is 4.90 Å². The van der Waals surface area contributed by atoms with Crippen molar-refractivity contribution in [3.63, 3.8) is 0 Å². The van der Waals surface area contributed by atoms with Gasteiger partial charge in [-0.05, 0) is 35.5 Å². The van der Waals surface area contributed by atoms with Gasteiger partial charge in [-0.1, -0.05) is 30.4 Å². The number of carbonyl (C=O) groups is 1. The van der Waals surface area contributed by atoms with Crippen molar-refractivity contribution in [1.29, 1.82) is 0 Å². The molecule has 0 saturated carbocycles. The molecule has 17 heavy (non-hydrogen) atoms. The summed E-state index contributed by atoms with van der Waals surface area (Å²) in [7, 11) is 0. The molecule has 5 heteroatoms. The Kier molecular flexibility index (Phi) is 5.03. The predicted molar refractivity (Wildman–Crippen MR) is 62.6 cm³/mol. The van der Waals surface area contributed by atoms with Gasteiger partial charge in [-0.15, -0.1) is 0 Å². The first-order chi connectivity index (χ1) is 8.01. The lowest BCUT2D eigenvalue weighted by molar-refractivity contribution is -0.104. The molecule has 1 aromatic carbocycles. The van der Waals surface area contributed by atoms with Crippen LogP contribution in [-0.2, 0) is 4.79 Å². The van der Waals surface area contributed by atoms with Gasteiger partial charge in [0.25, 0.3) is 0 Å². The van der Waals surface area contributed by atoms with Crippen molar-refractivity contribution in [3.05, 3.63) is 48.1 Å². The summed E-state index contributed by atoms with van der Waals surface area (Å²) in [6, 6.07) is 5.97. The van der Waals surface area contributed by atoms with E-state index in [4.69, 9.17) is 0 Å². The molecule has 0 saturated heterocycles. The Hall–Kier alpha value is -1.49. The monoisotopic (exact) mass is 258 g/mol. The highest BCUT2D eigenvalue weighted by Crippen LogP contribution is 2.36. The Balaban J connectivity index is 2.65. The van der Waals surface area contributed by atoms with E-state index in [0.717, 1.165) is 5.56 Å². The molecule has 0 aromatic heterocycles. The quantitative estimate of drug-likeness (QED) is 0.350. The Bertz CT molecular complexity index is 418. The smallest absolute Gasteiger partial charge is 0.299 e. The second-order valence-electron chi connectivity index (χ2n) is 3.00. The van der Waals surface area contributed by atoms with Gasteiger partial charge in [0.15, 0.2) is 0 Å². The number of halogens is 3. The van der Waals surface area contributed by atoms with Crippen molar-refractivity contribution < 1.29 is 18.0 Å². The average Bonchev–Trinajstić information content (AvgIpc) is 2.25. The number of hydrogen-bond donors (Lipinski definition) is 0. The average molecular weight is 258 g/mol. The van der Waals surface area contributed by atoms with Crippen LogP contribution in [0.4, 0.5) is 13.2 Å². The van der Waals surface area contributed by atoms with E-state index in [1.165, 1.54) is 18.2 Å². The van der Waals surface area contributed by atoms with Crippen LogP contribution in [0.2, 0.25) is 0 Å². The normalized spacial score (nSPS) is 12.4. The van der Waals surface area contributed by atoms with Gasteiger partial charge in [0.05, 0.1) is 0 Å². The highest BCUT2D eigenvalue weighted by atomic mass is 32.2. The lowest BCUT2D eigenvalue weighted by Gasteiger charge is -2.04. The molecule has 0 unspecified atom stereocenters. The molecule has 0 bridgehead atoms. The summed E-state index contributed by atoms with van der Waals surface area (Å²) in [6.45, 7) is 0. The molecule has 90 valence electrons. The standard InChI is InChI=1S/C12H9F3OS/c13-12(14,15)17-11-7-5-10(6-8-11)4-2-1-3-9-16/h1-9H. The molecule has 0 aliphatic carbocycles. The van der Waals surface area contributed by atoms with E-state index in [0.29, 0.717) is 6.29 Å². The third-order valence-corrected chi connectivity index (χ3v) is 2.44. The van der Waals surface area contributed by atoms with Crippen molar-refractivity contribution in [2.45, 2.75) is 10.4 Å². The summed E-state index contributed by atoms with van der Waals surface area (Å²) in [4.78, 5) is 10.1. The predicted octanol–water partition coefficient (Wildman–Crippen LogP) is 4.07. The molecular weight excluding hydrogens is 249 g/mol. The second-order valence-corrected chi connectivity index (χ2v) is 4.14. The van der Waals surface area contributed by atoms with E-state index in [1.807, 2.05) is 0 Å². The molecule has 0 aliphatic rings. The van der Waals surface area contributed by atoms with Crippen molar-refractivity contribution in [3.8, 4) is 0 Å². The minimum absolute atomic E-state index is 0.143. The number of alkyl halides is 3. The van der Waals surface area contributed by atoms with Crippen molar-refractivity contribution in [1.82, 2.24) is 0 Å². The third kappa shape index (κ3) is 5.97. The maximum atomic E-state index is 12.0. The van der Waals surface area contributed by atoms with E-state index in [-0.39, 0.29) is 16.7 Å². The summed E-state index contributed by atoms with van der Waals surface area (Å²) < 4.78 is 36.1. The molecule has 0 radical (unpaired) electrons. The molecule has 0 spiro atoms.